The predicted octanol–water partition coefficient (Wildman–Crippen LogP) is 4.17. The molecule has 0 aliphatic carbocycles. The van der Waals surface area contributed by atoms with E-state index in [9.17, 15) is 14.0 Å². The third-order valence-electron chi connectivity index (χ3n) is 3.56. The van der Waals surface area contributed by atoms with Crippen molar-refractivity contribution in [3.8, 4) is 0 Å². The second-order valence-corrected chi connectivity index (χ2v) is 6.79. The zero-order valence-electron chi connectivity index (χ0n) is 12.4. The first-order valence-electron chi connectivity index (χ1n) is 6.96. The quantitative estimate of drug-likeness (QED) is 0.557. The van der Waals surface area contributed by atoms with Crippen molar-refractivity contribution >= 4 is 57.4 Å². The normalized spacial score (nSPS) is 14.6. The molecule has 2 amide bonds. The van der Waals surface area contributed by atoms with E-state index in [0.29, 0.717) is 5.69 Å². The summed E-state index contributed by atoms with van der Waals surface area (Å²) < 4.78 is 14.8. The van der Waals surface area contributed by atoms with Gasteiger partial charge in [-0.15, -0.1) is 0 Å². The molecule has 0 saturated heterocycles. The van der Waals surface area contributed by atoms with Crippen LogP contribution in [0.25, 0.3) is 0 Å². The second-order valence-electron chi connectivity index (χ2n) is 5.17. The van der Waals surface area contributed by atoms with Crippen LogP contribution in [-0.2, 0) is 9.59 Å². The third kappa shape index (κ3) is 2.91. The Labute approximate surface area is 156 Å². The molecule has 1 aliphatic rings. The second kappa shape index (κ2) is 6.52. The first kappa shape index (κ1) is 16.9. The Balaban J connectivity index is 1.97. The molecule has 0 aromatic heterocycles. The van der Waals surface area contributed by atoms with Crippen molar-refractivity contribution in [2.24, 2.45) is 0 Å². The molecule has 4 nitrogen and oxygen atoms in total. The van der Waals surface area contributed by atoms with Crippen molar-refractivity contribution in [2.75, 3.05) is 10.2 Å². The minimum Gasteiger partial charge on any atom is -0.347 e. The molecule has 0 atom stereocenters. The van der Waals surface area contributed by atoms with Crippen molar-refractivity contribution in [1.82, 2.24) is 0 Å². The minimum atomic E-state index is -0.634. The summed E-state index contributed by atoms with van der Waals surface area (Å²) in [7, 11) is 0. The molecule has 0 radical (unpaired) electrons. The smallest absolute Gasteiger partial charge is 0.283 e. The van der Waals surface area contributed by atoms with Gasteiger partial charge in [0.15, 0.2) is 0 Å². The number of benzene rings is 2. The number of nitrogens with zero attached hydrogens (tertiary/aromatic N) is 1. The Kier molecular flexibility index (Phi) is 4.60. The van der Waals surface area contributed by atoms with Crippen LogP contribution in [0.5, 0.6) is 0 Å². The van der Waals surface area contributed by atoms with Gasteiger partial charge in [-0.2, -0.15) is 0 Å². The SMILES string of the molecule is Cc1cc(I)ccc1N1C(=O)C(Cl)=C(Nc2ccccc2F)C1=O. The number of carbonyl (C=O) groups is 2. The highest BCUT2D eigenvalue weighted by Gasteiger charge is 2.39. The zero-order chi connectivity index (χ0) is 17.4. The topological polar surface area (TPSA) is 49.4 Å². The summed E-state index contributed by atoms with van der Waals surface area (Å²) in [6.45, 7) is 1.80. The Morgan fingerprint density at radius 1 is 1.12 bits per heavy atom. The highest BCUT2D eigenvalue weighted by molar-refractivity contribution is 14.1. The zero-order valence-corrected chi connectivity index (χ0v) is 15.4. The first-order chi connectivity index (χ1) is 11.4. The number of rotatable bonds is 3. The number of hydrogen-bond acceptors (Lipinski definition) is 3. The van der Waals surface area contributed by atoms with Gasteiger partial charge in [0, 0.05) is 3.57 Å². The molecule has 0 bridgehead atoms. The van der Waals surface area contributed by atoms with Crippen LogP contribution in [0.3, 0.4) is 0 Å². The van der Waals surface area contributed by atoms with E-state index < -0.39 is 17.6 Å². The number of aryl methyl sites for hydroxylation is 1. The lowest BCUT2D eigenvalue weighted by Crippen LogP contribution is -2.32. The Morgan fingerprint density at radius 2 is 1.83 bits per heavy atom. The van der Waals surface area contributed by atoms with E-state index in [2.05, 4.69) is 27.9 Å². The molecule has 1 heterocycles. The van der Waals surface area contributed by atoms with Gasteiger partial charge in [0.05, 0.1) is 11.4 Å². The monoisotopic (exact) mass is 456 g/mol. The van der Waals surface area contributed by atoms with Crippen molar-refractivity contribution in [1.29, 1.82) is 0 Å². The lowest BCUT2D eigenvalue weighted by Gasteiger charge is -2.17. The van der Waals surface area contributed by atoms with Crippen LogP contribution in [0, 0.1) is 16.3 Å². The molecule has 122 valence electrons. The average molecular weight is 457 g/mol. The van der Waals surface area contributed by atoms with E-state index in [0.717, 1.165) is 14.0 Å². The third-order valence-corrected chi connectivity index (χ3v) is 4.58. The van der Waals surface area contributed by atoms with Gasteiger partial charge < -0.3 is 5.32 Å². The van der Waals surface area contributed by atoms with Gasteiger partial charge in [0.25, 0.3) is 11.8 Å². The fraction of sp³-hybridized carbons (Fsp3) is 0.0588. The molecule has 0 saturated carbocycles. The maximum atomic E-state index is 13.8. The number of imide groups is 1. The maximum absolute atomic E-state index is 13.8. The van der Waals surface area contributed by atoms with Crippen molar-refractivity contribution in [3.05, 3.63) is 68.1 Å². The summed E-state index contributed by atoms with van der Waals surface area (Å²) >= 11 is 8.18. The molecule has 2 aromatic rings. The predicted molar refractivity (Wildman–Crippen MR) is 99.3 cm³/mol. The molecule has 24 heavy (non-hydrogen) atoms. The molecule has 2 aromatic carbocycles. The summed E-state index contributed by atoms with van der Waals surface area (Å²) in [5.74, 6) is -1.79. The summed E-state index contributed by atoms with van der Waals surface area (Å²) in [6.07, 6.45) is 0. The van der Waals surface area contributed by atoms with Crippen molar-refractivity contribution < 1.29 is 14.0 Å². The Morgan fingerprint density at radius 3 is 2.50 bits per heavy atom. The van der Waals surface area contributed by atoms with Gasteiger partial charge in [-0.05, 0) is 65.4 Å². The van der Waals surface area contributed by atoms with Crippen LogP contribution in [0.15, 0.2) is 53.2 Å². The fourth-order valence-electron chi connectivity index (χ4n) is 2.40. The number of hydrogen-bond donors (Lipinski definition) is 1. The van der Waals surface area contributed by atoms with Gasteiger partial charge in [-0.1, -0.05) is 23.7 Å². The summed E-state index contributed by atoms with van der Waals surface area (Å²) in [6, 6.07) is 11.2. The molecule has 1 aliphatic heterocycles. The summed E-state index contributed by atoms with van der Waals surface area (Å²) in [4.78, 5) is 26.1. The highest BCUT2D eigenvalue weighted by atomic mass is 127. The number of para-hydroxylation sites is 1. The number of amides is 2. The number of carbonyl (C=O) groups excluding carboxylic acids is 2. The number of nitrogens with one attached hydrogen (secondary N) is 1. The van der Waals surface area contributed by atoms with Crippen molar-refractivity contribution in [3.63, 3.8) is 0 Å². The van der Waals surface area contributed by atoms with Crippen LogP contribution in [-0.4, -0.2) is 11.8 Å². The van der Waals surface area contributed by atoms with E-state index in [4.69, 9.17) is 11.6 Å². The van der Waals surface area contributed by atoms with Crippen molar-refractivity contribution in [2.45, 2.75) is 6.92 Å². The van der Waals surface area contributed by atoms with E-state index >= 15 is 0 Å². The molecule has 3 rings (SSSR count). The van der Waals surface area contributed by atoms with Crippen LogP contribution < -0.4 is 10.2 Å². The van der Waals surface area contributed by atoms with E-state index in [-0.39, 0.29) is 16.4 Å². The Bertz CT molecular complexity index is 898. The maximum Gasteiger partial charge on any atom is 0.283 e. The number of halogens is 3. The lowest BCUT2D eigenvalue weighted by atomic mass is 10.2. The van der Waals surface area contributed by atoms with Crippen LogP contribution in [0.4, 0.5) is 15.8 Å². The molecule has 0 unspecified atom stereocenters. The van der Waals surface area contributed by atoms with Crippen LogP contribution in [0.1, 0.15) is 5.56 Å². The van der Waals surface area contributed by atoms with Crippen LogP contribution >= 0.6 is 34.2 Å². The lowest BCUT2D eigenvalue weighted by molar-refractivity contribution is -0.120. The van der Waals surface area contributed by atoms with Gasteiger partial charge in [0.1, 0.15) is 16.5 Å². The van der Waals surface area contributed by atoms with Gasteiger partial charge >= 0.3 is 0 Å². The number of anilines is 2. The molecule has 1 N–H and O–H groups in total. The molecular formula is C17H11ClFIN2O2. The van der Waals surface area contributed by atoms with Gasteiger partial charge in [-0.25, -0.2) is 9.29 Å². The largest absolute Gasteiger partial charge is 0.347 e. The van der Waals surface area contributed by atoms with Crippen LogP contribution in [0.2, 0.25) is 0 Å². The molecule has 7 heteroatoms. The summed E-state index contributed by atoms with van der Waals surface area (Å²) in [5.41, 5.74) is 1.16. The average Bonchev–Trinajstić information content (AvgIpc) is 2.74. The fourth-order valence-corrected chi connectivity index (χ4v) is 3.26. The highest BCUT2D eigenvalue weighted by Crippen LogP contribution is 2.32. The van der Waals surface area contributed by atoms with E-state index in [1.165, 1.54) is 18.2 Å². The summed E-state index contributed by atoms with van der Waals surface area (Å²) in [5, 5.41) is 2.37. The van der Waals surface area contributed by atoms with Gasteiger partial charge in [-0.3, -0.25) is 9.59 Å². The van der Waals surface area contributed by atoms with Gasteiger partial charge in [0.2, 0.25) is 0 Å². The minimum absolute atomic E-state index is 0.0768. The van der Waals surface area contributed by atoms with E-state index in [1.807, 2.05) is 6.07 Å². The standard InChI is InChI=1S/C17H11ClFIN2O2/c1-9-8-10(20)6-7-13(9)22-16(23)14(18)15(17(22)24)21-12-5-3-2-4-11(12)19/h2-8,21H,1H3. The van der Waals surface area contributed by atoms with E-state index in [1.54, 1.807) is 25.1 Å². The molecule has 0 fully saturated rings. The first-order valence-corrected chi connectivity index (χ1v) is 8.42. The Hall–Kier alpha value is -1.93. The molecule has 0 spiro atoms. The molecular weight excluding hydrogens is 446 g/mol.